The SMILES string of the molecule is O=C1CN(c2ccc(NCc3cnc(Cl)s3)cc2)CCN1. The van der Waals surface area contributed by atoms with E-state index < -0.39 is 0 Å². The fourth-order valence-electron chi connectivity index (χ4n) is 2.20. The van der Waals surface area contributed by atoms with Crippen LogP contribution in [0.5, 0.6) is 0 Å². The Bertz CT molecular complexity index is 628. The third-order valence-electron chi connectivity index (χ3n) is 3.26. The minimum absolute atomic E-state index is 0.0746. The number of amides is 1. The zero-order chi connectivity index (χ0) is 14.7. The first-order valence-electron chi connectivity index (χ1n) is 6.66. The second kappa shape index (κ2) is 6.32. The number of hydrogen-bond donors (Lipinski definition) is 2. The monoisotopic (exact) mass is 322 g/mol. The molecule has 1 aliphatic rings. The normalized spacial score (nSPS) is 14.9. The molecule has 0 spiro atoms. The molecule has 7 heteroatoms. The quantitative estimate of drug-likeness (QED) is 0.907. The van der Waals surface area contributed by atoms with Crippen LogP contribution in [0.25, 0.3) is 0 Å². The second-order valence-electron chi connectivity index (χ2n) is 4.75. The first-order valence-corrected chi connectivity index (χ1v) is 7.86. The van der Waals surface area contributed by atoms with Crippen molar-refractivity contribution in [2.24, 2.45) is 0 Å². The van der Waals surface area contributed by atoms with E-state index in [1.807, 2.05) is 24.3 Å². The number of carbonyl (C=O) groups excluding carboxylic acids is 1. The van der Waals surface area contributed by atoms with Crippen LogP contribution in [-0.4, -0.2) is 30.5 Å². The Morgan fingerprint density at radius 3 is 2.86 bits per heavy atom. The molecule has 110 valence electrons. The molecule has 0 saturated carbocycles. The summed E-state index contributed by atoms with van der Waals surface area (Å²) in [4.78, 5) is 18.6. The molecule has 0 atom stereocenters. The highest BCUT2D eigenvalue weighted by Gasteiger charge is 2.16. The van der Waals surface area contributed by atoms with Gasteiger partial charge in [-0.1, -0.05) is 11.6 Å². The summed E-state index contributed by atoms with van der Waals surface area (Å²) in [6, 6.07) is 8.09. The van der Waals surface area contributed by atoms with E-state index in [0.717, 1.165) is 22.8 Å². The molecule has 2 N–H and O–H groups in total. The standard InChI is InChI=1S/C14H15ClN4OS/c15-14-18-8-12(21-14)7-17-10-1-3-11(4-2-10)19-6-5-16-13(20)9-19/h1-4,8,17H,5-7,9H2,(H,16,20). The molecule has 1 saturated heterocycles. The largest absolute Gasteiger partial charge is 0.380 e. The summed E-state index contributed by atoms with van der Waals surface area (Å²) in [6.07, 6.45) is 1.78. The first-order chi connectivity index (χ1) is 10.2. The maximum absolute atomic E-state index is 11.4. The molecule has 0 bridgehead atoms. The van der Waals surface area contributed by atoms with Crippen molar-refractivity contribution in [3.63, 3.8) is 0 Å². The van der Waals surface area contributed by atoms with Gasteiger partial charge in [-0.05, 0) is 24.3 Å². The molecule has 0 unspecified atom stereocenters. The third kappa shape index (κ3) is 3.65. The number of anilines is 2. The fraction of sp³-hybridized carbons (Fsp3) is 0.286. The summed E-state index contributed by atoms with van der Waals surface area (Å²) in [5.74, 6) is 0.0746. The lowest BCUT2D eigenvalue weighted by Gasteiger charge is -2.28. The van der Waals surface area contributed by atoms with Crippen molar-refractivity contribution in [3.8, 4) is 0 Å². The Balaban J connectivity index is 1.59. The number of carbonyl (C=O) groups is 1. The number of thiazole rings is 1. The average molecular weight is 323 g/mol. The zero-order valence-corrected chi connectivity index (χ0v) is 12.9. The number of nitrogens with one attached hydrogen (secondary N) is 2. The lowest BCUT2D eigenvalue weighted by Crippen LogP contribution is -2.47. The van der Waals surface area contributed by atoms with E-state index >= 15 is 0 Å². The molecule has 5 nitrogen and oxygen atoms in total. The maximum atomic E-state index is 11.4. The van der Waals surface area contributed by atoms with Gasteiger partial charge in [0.05, 0.1) is 13.1 Å². The van der Waals surface area contributed by atoms with Crippen LogP contribution < -0.4 is 15.5 Å². The van der Waals surface area contributed by atoms with Gasteiger partial charge in [0, 0.05) is 35.5 Å². The van der Waals surface area contributed by atoms with Crippen molar-refractivity contribution in [3.05, 3.63) is 39.8 Å². The lowest BCUT2D eigenvalue weighted by molar-refractivity contribution is -0.120. The van der Waals surface area contributed by atoms with Gasteiger partial charge in [0.25, 0.3) is 0 Å². The van der Waals surface area contributed by atoms with E-state index in [9.17, 15) is 4.79 Å². The zero-order valence-electron chi connectivity index (χ0n) is 11.3. The van der Waals surface area contributed by atoms with E-state index in [4.69, 9.17) is 11.6 Å². The highest BCUT2D eigenvalue weighted by Crippen LogP contribution is 2.21. The van der Waals surface area contributed by atoms with E-state index in [1.54, 1.807) is 6.20 Å². The molecule has 21 heavy (non-hydrogen) atoms. The number of nitrogens with zero attached hydrogens (tertiary/aromatic N) is 2. The molecule has 1 aromatic carbocycles. The van der Waals surface area contributed by atoms with Crippen molar-refractivity contribution >= 4 is 40.2 Å². The average Bonchev–Trinajstić information content (AvgIpc) is 2.91. The Kier molecular flexibility index (Phi) is 4.26. The molecule has 3 rings (SSSR count). The van der Waals surface area contributed by atoms with Gasteiger partial charge in [-0.2, -0.15) is 0 Å². The Labute approximate surface area is 131 Å². The summed E-state index contributed by atoms with van der Waals surface area (Å²) < 4.78 is 0.561. The van der Waals surface area contributed by atoms with Crippen LogP contribution in [0.4, 0.5) is 11.4 Å². The molecule has 0 aliphatic carbocycles. The molecule has 2 heterocycles. The van der Waals surface area contributed by atoms with Gasteiger partial charge >= 0.3 is 0 Å². The molecule has 1 aliphatic heterocycles. The van der Waals surface area contributed by atoms with Gasteiger partial charge in [0.15, 0.2) is 4.47 Å². The van der Waals surface area contributed by atoms with Gasteiger partial charge in [-0.15, -0.1) is 11.3 Å². The van der Waals surface area contributed by atoms with Gasteiger partial charge in [-0.25, -0.2) is 4.98 Å². The number of halogens is 1. The summed E-state index contributed by atoms with van der Waals surface area (Å²) in [5.41, 5.74) is 2.10. The molecular formula is C14H15ClN4OS. The summed E-state index contributed by atoms with van der Waals surface area (Å²) in [6.45, 7) is 2.67. The number of hydrogen-bond acceptors (Lipinski definition) is 5. The van der Waals surface area contributed by atoms with Crippen LogP contribution in [0.3, 0.4) is 0 Å². The Morgan fingerprint density at radius 2 is 2.19 bits per heavy atom. The number of benzene rings is 1. The third-order valence-corrected chi connectivity index (χ3v) is 4.38. The van der Waals surface area contributed by atoms with E-state index in [0.29, 0.717) is 24.1 Å². The summed E-state index contributed by atoms with van der Waals surface area (Å²) in [5, 5.41) is 6.15. The summed E-state index contributed by atoms with van der Waals surface area (Å²) in [7, 11) is 0. The highest BCUT2D eigenvalue weighted by molar-refractivity contribution is 7.15. The first kappa shape index (κ1) is 14.2. The number of aromatic nitrogens is 1. The minimum atomic E-state index is 0.0746. The van der Waals surface area contributed by atoms with Crippen molar-refractivity contribution in [2.45, 2.75) is 6.54 Å². The number of piperazine rings is 1. The van der Waals surface area contributed by atoms with Crippen LogP contribution in [0.1, 0.15) is 4.88 Å². The van der Waals surface area contributed by atoms with Crippen LogP contribution in [-0.2, 0) is 11.3 Å². The smallest absolute Gasteiger partial charge is 0.239 e. The molecule has 1 amide bonds. The molecular weight excluding hydrogens is 308 g/mol. The fourth-order valence-corrected chi connectivity index (χ4v) is 3.12. The van der Waals surface area contributed by atoms with Crippen LogP contribution in [0.15, 0.2) is 30.5 Å². The van der Waals surface area contributed by atoms with Crippen LogP contribution >= 0.6 is 22.9 Å². The maximum Gasteiger partial charge on any atom is 0.239 e. The Morgan fingerprint density at radius 1 is 1.38 bits per heavy atom. The van der Waals surface area contributed by atoms with Crippen molar-refractivity contribution < 1.29 is 4.79 Å². The predicted octanol–water partition coefficient (Wildman–Crippen LogP) is 2.34. The molecule has 2 aromatic rings. The Hall–Kier alpha value is -1.79. The lowest BCUT2D eigenvalue weighted by atomic mass is 10.2. The van der Waals surface area contributed by atoms with Gasteiger partial charge in [0.2, 0.25) is 5.91 Å². The molecule has 1 aromatic heterocycles. The molecule has 1 fully saturated rings. The van der Waals surface area contributed by atoms with Crippen molar-refractivity contribution in [2.75, 3.05) is 29.9 Å². The van der Waals surface area contributed by atoms with Crippen molar-refractivity contribution in [1.29, 1.82) is 0 Å². The molecule has 0 radical (unpaired) electrons. The van der Waals surface area contributed by atoms with Crippen molar-refractivity contribution in [1.82, 2.24) is 10.3 Å². The van der Waals surface area contributed by atoms with E-state index in [1.165, 1.54) is 11.3 Å². The highest BCUT2D eigenvalue weighted by atomic mass is 35.5. The topological polar surface area (TPSA) is 57.3 Å². The minimum Gasteiger partial charge on any atom is -0.380 e. The second-order valence-corrected chi connectivity index (χ2v) is 6.45. The predicted molar refractivity (Wildman–Crippen MR) is 86.1 cm³/mol. The summed E-state index contributed by atoms with van der Waals surface area (Å²) >= 11 is 7.27. The number of rotatable bonds is 4. The van der Waals surface area contributed by atoms with Gasteiger partial charge in [-0.3, -0.25) is 4.79 Å². The van der Waals surface area contributed by atoms with Crippen LogP contribution in [0, 0.1) is 0 Å². The van der Waals surface area contributed by atoms with Gasteiger partial charge in [0.1, 0.15) is 0 Å². The van der Waals surface area contributed by atoms with Crippen LogP contribution in [0.2, 0.25) is 4.47 Å². The van der Waals surface area contributed by atoms with Gasteiger partial charge < -0.3 is 15.5 Å². The van der Waals surface area contributed by atoms with E-state index in [-0.39, 0.29) is 5.91 Å². The van der Waals surface area contributed by atoms with E-state index in [2.05, 4.69) is 20.5 Å².